The zero-order chi connectivity index (χ0) is 9.97. The number of hydrogen-bond acceptors (Lipinski definition) is 4. The summed E-state index contributed by atoms with van der Waals surface area (Å²) in [5.41, 5.74) is 8.02. The molecule has 0 bridgehead atoms. The summed E-state index contributed by atoms with van der Waals surface area (Å²) in [5, 5.41) is 0. The smallest absolute Gasteiger partial charge is 0.0794 e. The molecule has 2 atom stereocenters. The van der Waals surface area contributed by atoms with E-state index in [1.807, 2.05) is 11.7 Å². The van der Waals surface area contributed by atoms with Crippen LogP contribution in [0.5, 0.6) is 0 Å². The number of nitrogens with two attached hydrogens (primary N) is 1. The van der Waals surface area contributed by atoms with Crippen molar-refractivity contribution in [2.75, 3.05) is 13.1 Å². The molecule has 4 heteroatoms. The zero-order valence-corrected chi connectivity index (χ0v) is 9.33. The maximum atomic E-state index is 6.13. The van der Waals surface area contributed by atoms with E-state index in [0.717, 1.165) is 19.5 Å². The van der Waals surface area contributed by atoms with Gasteiger partial charge in [0.1, 0.15) is 0 Å². The summed E-state index contributed by atoms with van der Waals surface area (Å²) >= 11 is 1.72. The Morgan fingerprint density at radius 3 is 3.21 bits per heavy atom. The fourth-order valence-corrected chi connectivity index (χ4v) is 3.01. The molecular weight excluding hydrogens is 194 g/mol. The third kappa shape index (κ3) is 1.82. The van der Waals surface area contributed by atoms with Crippen molar-refractivity contribution < 1.29 is 0 Å². The van der Waals surface area contributed by atoms with E-state index in [-0.39, 0.29) is 0 Å². The Bertz CT molecular complexity index is 271. The lowest BCUT2D eigenvalue weighted by Gasteiger charge is -2.24. The van der Waals surface area contributed by atoms with Gasteiger partial charge in [0.25, 0.3) is 0 Å². The third-order valence-corrected chi connectivity index (χ3v) is 3.65. The largest absolute Gasteiger partial charge is 0.326 e. The van der Waals surface area contributed by atoms with Gasteiger partial charge >= 0.3 is 0 Å². The molecule has 78 valence electrons. The van der Waals surface area contributed by atoms with Gasteiger partial charge in [-0.25, -0.2) is 0 Å². The molecule has 3 nitrogen and oxygen atoms in total. The summed E-state index contributed by atoms with van der Waals surface area (Å²) in [5.74, 6) is 0. The normalized spacial score (nSPS) is 28.4. The lowest BCUT2D eigenvalue weighted by molar-refractivity contribution is 0.251. The van der Waals surface area contributed by atoms with Gasteiger partial charge < -0.3 is 5.73 Å². The van der Waals surface area contributed by atoms with Crippen LogP contribution in [0, 0.1) is 0 Å². The van der Waals surface area contributed by atoms with Crippen LogP contribution in [-0.4, -0.2) is 29.0 Å². The van der Waals surface area contributed by atoms with E-state index in [4.69, 9.17) is 5.73 Å². The number of nitrogens with zero attached hydrogens (tertiary/aromatic N) is 2. The first-order valence-electron chi connectivity index (χ1n) is 5.21. The predicted octanol–water partition coefficient (Wildman–Crippen LogP) is 1.63. The SMILES string of the molecule is CCCN1CC[C@@H](N)[C@@H]1c1cncs1. The van der Waals surface area contributed by atoms with E-state index in [1.54, 1.807) is 11.3 Å². The second kappa shape index (κ2) is 4.38. The fourth-order valence-electron chi connectivity index (χ4n) is 2.18. The molecule has 0 saturated carbocycles. The molecule has 0 spiro atoms. The Labute approximate surface area is 88.9 Å². The number of aromatic nitrogens is 1. The van der Waals surface area contributed by atoms with Gasteiger partial charge in [-0.15, -0.1) is 11.3 Å². The van der Waals surface area contributed by atoms with Gasteiger partial charge in [-0.2, -0.15) is 0 Å². The van der Waals surface area contributed by atoms with Crippen LogP contribution < -0.4 is 5.73 Å². The average Bonchev–Trinajstić information content (AvgIpc) is 2.76. The first-order chi connectivity index (χ1) is 6.83. The molecule has 0 aromatic carbocycles. The number of hydrogen-bond donors (Lipinski definition) is 1. The lowest BCUT2D eigenvalue weighted by Crippen LogP contribution is -2.31. The minimum Gasteiger partial charge on any atom is -0.326 e. The van der Waals surface area contributed by atoms with E-state index in [2.05, 4.69) is 16.8 Å². The summed E-state index contributed by atoms with van der Waals surface area (Å²) in [6.45, 7) is 4.50. The van der Waals surface area contributed by atoms with Crippen LogP contribution in [0.2, 0.25) is 0 Å². The molecule has 1 saturated heterocycles. The van der Waals surface area contributed by atoms with Gasteiger partial charge in [0.2, 0.25) is 0 Å². The van der Waals surface area contributed by atoms with Crippen LogP contribution in [0.3, 0.4) is 0 Å². The lowest BCUT2D eigenvalue weighted by atomic mass is 10.1. The number of thiazole rings is 1. The molecule has 1 aliphatic rings. The van der Waals surface area contributed by atoms with Gasteiger partial charge in [0, 0.05) is 23.7 Å². The van der Waals surface area contributed by atoms with Crippen LogP contribution in [0.15, 0.2) is 11.7 Å². The second-order valence-corrected chi connectivity index (χ2v) is 4.76. The fraction of sp³-hybridized carbons (Fsp3) is 0.700. The van der Waals surface area contributed by atoms with Gasteiger partial charge in [-0.05, 0) is 19.4 Å². The van der Waals surface area contributed by atoms with E-state index in [1.165, 1.54) is 11.3 Å². The maximum Gasteiger partial charge on any atom is 0.0794 e. The number of rotatable bonds is 3. The van der Waals surface area contributed by atoms with E-state index in [0.29, 0.717) is 12.1 Å². The highest BCUT2D eigenvalue weighted by Gasteiger charge is 2.32. The molecule has 1 aliphatic heterocycles. The van der Waals surface area contributed by atoms with Crippen molar-refractivity contribution in [3.63, 3.8) is 0 Å². The maximum absolute atomic E-state index is 6.13. The summed E-state index contributed by atoms with van der Waals surface area (Å²) in [4.78, 5) is 7.94. The van der Waals surface area contributed by atoms with Gasteiger partial charge in [0.05, 0.1) is 11.6 Å². The highest BCUT2D eigenvalue weighted by atomic mass is 32.1. The van der Waals surface area contributed by atoms with Crippen LogP contribution in [0.4, 0.5) is 0 Å². The molecule has 2 heterocycles. The Kier molecular flexibility index (Phi) is 3.15. The van der Waals surface area contributed by atoms with Crippen LogP contribution >= 0.6 is 11.3 Å². The van der Waals surface area contributed by atoms with E-state index in [9.17, 15) is 0 Å². The van der Waals surface area contributed by atoms with Crippen LogP contribution in [0.25, 0.3) is 0 Å². The second-order valence-electron chi connectivity index (χ2n) is 3.84. The summed E-state index contributed by atoms with van der Waals surface area (Å²) in [6, 6.07) is 0.712. The highest BCUT2D eigenvalue weighted by Crippen LogP contribution is 2.32. The van der Waals surface area contributed by atoms with Crippen molar-refractivity contribution in [3.8, 4) is 0 Å². The topological polar surface area (TPSA) is 42.1 Å². The Hall–Kier alpha value is -0.450. The van der Waals surface area contributed by atoms with Crippen molar-refractivity contribution >= 4 is 11.3 Å². The predicted molar refractivity (Wildman–Crippen MR) is 59.3 cm³/mol. The minimum atomic E-state index is 0.294. The van der Waals surface area contributed by atoms with Crippen LogP contribution in [0.1, 0.15) is 30.7 Å². The molecule has 0 aliphatic carbocycles. The summed E-state index contributed by atoms with van der Waals surface area (Å²) in [7, 11) is 0. The molecule has 2 N–H and O–H groups in total. The first kappa shape index (κ1) is 10.1. The van der Waals surface area contributed by atoms with Crippen molar-refractivity contribution in [2.45, 2.75) is 31.8 Å². The standard InChI is InChI=1S/C10H17N3S/c1-2-4-13-5-3-8(11)10(13)9-6-12-7-14-9/h6-8,10H,2-5,11H2,1H3/t8-,10-/m1/s1. The summed E-state index contributed by atoms with van der Waals surface area (Å²) < 4.78 is 0. The van der Waals surface area contributed by atoms with Crippen molar-refractivity contribution in [1.82, 2.24) is 9.88 Å². The number of likely N-dealkylation sites (tertiary alicyclic amines) is 1. The monoisotopic (exact) mass is 211 g/mol. The van der Waals surface area contributed by atoms with Crippen molar-refractivity contribution in [2.24, 2.45) is 5.73 Å². The molecule has 1 aromatic heterocycles. The van der Waals surface area contributed by atoms with Gasteiger partial charge in [-0.3, -0.25) is 9.88 Å². The van der Waals surface area contributed by atoms with Crippen LogP contribution in [-0.2, 0) is 0 Å². The summed E-state index contributed by atoms with van der Waals surface area (Å²) in [6.07, 6.45) is 4.27. The van der Waals surface area contributed by atoms with Gasteiger partial charge in [-0.1, -0.05) is 6.92 Å². The minimum absolute atomic E-state index is 0.294. The highest BCUT2D eigenvalue weighted by molar-refractivity contribution is 7.09. The Balaban J connectivity index is 2.13. The first-order valence-corrected chi connectivity index (χ1v) is 6.09. The molecule has 0 radical (unpaired) electrons. The third-order valence-electron chi connectivity index (χ3n) is 2.80. The quantitative estimate of drug-likeness (QED) is 0.826. The molecular formula is C10H17N3S. The van der Waals surface area contributed by atoms with E-state index >= 15 is 0 Å². The average molecular weight is 211 g/mol. The van der Waals surface area contributed by atoms with Crippen molar-refractivity contribution in [1.29, 1.82) is 0 Å². The van der Waals surface area contributed by atoms with Crippen molar-refractivity contribution in [3.05, 3.63) is 16.6 Å². The molecule has 2 rings (SSSR count). The molecule has 1 aromatic rings. The van der Waals surface area contributed by atoms with Gasteiger partial charge in [0.15, 0.2) is 0 Å². The molecule has 0 amide bonds. The molecule has 1 fully saturated rings. The zero-order valence-electron chi connectivity index (χ0n) is 8.52. The molecule has 0 unspecified atom stereocenters. The Morgan fingerprint density at radius 2 is 2.57 bits per heavy atom. The molecule has 14 heavy (non-hydrogen) atoms. The Morgan fingerprint density at radius 1 is 1.71 bits per heavy atom. The van der Waals surface area contributed by atoms with E-state index < -0.39 is 0 Å².